The van der Waals surface area contributed by atoms with Crippen LogP contribution >= 0.6 is 0 Å². The van der Waals surface area contributed by atoms with E-state index in [9.17, 15) is 14.7 Å². The molecule has 2 aliphatic carbocycles. The van der Waals surface area contributed by atoms with Crippen LogP contribution in [0.15, 0.2) is 24.4 Å². The van der Waals surface area contributed by atoms with E-state index in [1.807, 2.05) is 12.2 Å². The quantitative estimate of drug-likeness (QED) is 0.819. The molecule has 0 saturated heterocycles. The summed E-state index contributed by atoms with van der Waals surface area (Å²) in [5, 5.41) is 12.0. The Morgan fingerprint density at radius 1 is 1.24 bits per heavy atom. The Morgan fingerprint density at radius 2 is 2.00 bits per heavy atom. The number of carbonyl (C=O) groups is 2. The third-order valence-corrected chi connectivity index (χ3v) is 3.92. The molecule has 0 spiro atoms. The van der Waals surface area contributed by atoms with Crippen LogP contribution in [0.2, 0.25) is 0 Å². The average Bonchev–Trinajstić information content (AvgIpc) is 3.32. The molecule has 0 aliphatic heterocycles. The van der Waals surface area contributed by atoms with Gasteiger partial charge < -0.3 is 10.4 Å². The smallest absolute Gasteiger partial charge is 0.308 e. The first-order valence-corrected chi connectivity index (χ1v) is 7.17. The molecule has 1 amide bonds. The van der Waals surface area contributed by atoms with Gasteiger partial charge in [-0.05, 0) is 31.7 Å². The van der Waals surface area contributed by atoms with Crippen LogP contribution in [-0.2, 0) is 4.79 Å². The molecule has 6 nitrogen and oxygen atoms in total. The molecule has 6 heteroatoms. The molecule has 110 valence electrons. The largest absolute Gasteiger partial charge is 0.481 e. The van der Waals surface area contributed by atoms with Crippen LogP contribution in [0, 0.1) is 5.92 Å². The Bertz CT molecular complexity index is 596. The van der Waals surface area contributed by atoms with Gasteiger partial charge >= 0.3 is 5.97 Å². The number of hydrogen-bond donors (Lipinski definition) is 2. The monoisotopic (exact) mass is 287 g/mol. The number of carbonyl (C=O) groups excluding carboxylic acids is 1. The van der Waals surface area contributed by atoms with Crippen LogP contribution in [0.5, 0.6) is 0 Å². The highest BCUT2D eigenvalue weighted by Gasteiger charge is 2.31. The summed E-state index contributed by atoms with van der Waals surface area (Å²) in [4.78, 5) is 31.9. The maximum atomic E-state index is 12.3. The minimum Gasteiger partial charge on any atom is -0.481 e. The number of nitrogens with zero attached hydrogens (tertiary/aromatic N) is 2. The van der Waals surface area contributed by atoms with Crippen molar-refractivity contribution in [3.05, 3.63) is 35.9 Å². The molecule has 1 saturated carbocycles. The number of hydrogen-bond acceptors (Lipinski definition) is 4. The summed E-state index contributed by atoms with van der Waals surface area (Å²) in [6.45, 7) is 0. The van der Waals surface area contributed by atoms with Crippen molar-refractivity contribution < 1.29 is 14.7 Å². The number of rotatable bonds is 4. The molecule has 3 rings (SSSR count). The van der Waals surface area contributed by atoms with Crippen molar-refractivity contribution in [3.63, 3.8) is 0 Å². The molecule has 2 aliphatic rings. The minimum absolute atomic E-state index is 0.311. The first-order valence-electron chi connectivity index (χ1n) is 7.17. The first kappa shape index (κ1) is 13.7. The molecule has 21 heavy (non-hydrogen) atoms. The second kappa shape index (κ2) is 5.63. The zero-order valence-corrected chi connectivity index (χ0v) is 11.5. The third-order valence-electron chi connectivity index (χ3n) is 3.92. The van der Waals surface area contributed by atoms with Crippen molar-refractivity contribution in [2.24, 2.45) is 5.92 Å². The molecule has 2 atom stereocenters. The predicted octanol–water partition coefficient (Wildman–Crippen LogP) is 1.50. The third kappa shape index (κ3) is 3.09. The average molecular weight is 287 g/mol. The zero-order valence-electron chi connectivity index (χ0n) is 11.5. The minimum atomic E-state index is -0.883. The standard InChI is InChI=1S/C15H17N3O3/c19-14(12-7-8-16-13(17-12)9-5-6-9)18-11-4-2-1-3-10(11)15(20)21/h1-2,7-11H,3-6H2,(H,18,19)(H,20,21)/t10-,11+/m1/s1. The lowest BCUT2D eigenvalue weighted by Gasteiger charge is -2.25. The van der Waals surface area contributed by atoms with Crippen molar-refractivity contribution in [2.45, 2.75) is 37.6 Å². The number of aliphatic carboxylic acids is 1. The van der Waals surface area contributed by atoms with Gasteiger partial charge in [0.15, 0.2) is 0 Å². The number of carboxylic acids is 1. The van der Waals surface area contributed by atoms with Crippen LogP contribution in [0.1, 0.15) is 47.9 Å². The number of amides is 1. The van der Waals surface area contributed by atoms with Gasteiger partial charge in [0.25, 0.3) is 5.91 Å². The van der Waals surface area contributed by atoms with Gasteiger partial charge in [-0.15, -0.1) is 0 Å². The van der Waals surface area contributed by atoms with Crippen molar-refractivity contribution in [1.29, 1.82) is 0 Å². The van der Waals surface area contributed by atoms with Crippen LogP contribution in [0.25, 0.3) is 0 Å². The van der Waals surface area contributed by atoms with E-state index in [1.54, 1.807) is 12.3 Å². The molecular weight excluding hydrogens is 270 g/mol. The van der Waals surface area contributed by atoms with E-state index in [0.29, 0.717) is 30.3 Å². The molecular formula is C15H17N3O3. The summed E-state index contributed by atoms with van der Waals surface area (Å²) in [7, 11) is 0. The first-order chi connectivity index (χ1) is 10.1. The topological polar surface area (TPSA) is 92.2 Å². The van der Waals surface area contributed by atoms with Crippen LogP contribution < -0.4 is 5.32 Å². The zero-order chi connectivity index (χ0) is 14.8. The van der Waals surface area contributed by atoms with Gasteiger partial charge in [-0.25, -0.2) is 9.97 Å². The maximum absolute atomic E-state index is 12.3. The van der Waals surface area contributed by atoms with E-state index in [0.717, 1.165) is 12.8 Å². The second-order valence-corrected chi connectivity index (χ2v) is 5.54. The Morgan fingerprint density at radius 3 is 2.71 bits per heavy atom. The lowest BCUT2D eigenvalue weighted by atomic mass is 9.89. The fourth-order valence-corrected chi connectivity index (χ4v) is 2.53. The summed E-state index contributed by atoms with van der Waals surface area (Å²) in [5.74, 6) is -0.705. The highest BCUT2D eigenvalue weighted by Crippen LogP contribution is 2.37. The van der Waals surface area contributed by atoms with Gasteiger partial charge in [-0.3, -0.25) is 9.59 Å². The summed E-state index contributed by atoms with van der Waals surface area (Å²) in [6, 6.07) is 1.18. The lowest BCUT2D eigenvalue weighted by molar-refractivity contribution is -0.142. The summed E-state index contributed by atoms with van der Waals surface area (Å²) in [6.07, 6.45) is 8.45. The Kier molecular flexibility index (Phi) is 3.68. The Labute approximate surface area is 122 Å². The van der Waals surface area contributed by atoms with Crippen LogP contribution in [-0.4, -0.2) is 33.0 Å². The van der Waals surface area contributed by atoms with E-state index in [-0.39, 0.29) is 11.9 Å². The van der Waals surface area contributed by atoms with E-state index in [2.05, 4.69) is 15.3 Å². The summed E-state index contributed by atoms with van der Waals surface area (Å²) >= 11 is 0. The number of allylic oxidation sites excluding steroid dienone is 1. The van der Waals surface area contributed by atoms with Crippen LogP contribution in [0.3, 0.4) is 0 Å². The predicted molar refractivity (Wildman–Crippen MR) is 74.8 cm³/mol. The fourth-order valence-electron chi connectivity index (χ4n) is 2.53. The van der Waals surface area contributed by atoms with E-state index >= 15 is 0 Å². The second-order valence-electron chi connectivity index (χ2n) is 5.54. The molecule has 1 aromatic heterocycles. The number of carboxylic acid groups (broad SMARTS) is 1. The van der Waals surface area contributed by atoms with E-state index < -0.39 is 11.9 Å². The highest BCUT2D eigenvalue weighted by atomic mass is 16.4. The maximum Gasteiger partial charge on any atom is 0.308 e. The summed E-state index contributed by atoms with van der Waals surface area (Å²) < 4.78 is 0. The van der Waals surface area contributed by atoms with Gasteiger partial charge in [0.05, 0.1) is 5.92 Å². The van der Waals surface area contributed by atoms with Gasteiger partial charge in [0.2, 0.25) is 0 Å². The van der Waals surface area contributed by atoms with Gasteiger partial charge in [-0.1, -0.05) is 12.2 Å². The molecule has 0 unspecified atom stereocenters. The molecule has 1 heterocycles. The molecule has 0 aromatic carbocycles. The SMILES string of the molecule is O=C(N[C@H]1CC=CC[C@H]1C(=O)O)c1ccnc(C2CC2)n1. The normalized spacial score (nSPS) is 24.6. The molecule has 0 bridgehead atoms. The van der Waals surface area contributed by atoms with Crippen molar-refractivity contribution in [3.8, 4) is 0 Å². The van der Waals surface area contributed by atoms with Gasteiger partial charge in [0, 0.05) is 18.2 Å². The van der Waals surface area contributed by atoms with Gasteiger partial charge in [0.1, 0.15) is 11.5 Å². The molecule has 1 aromatic rings. The summed E-state index contributed by atoms with van der Waals surface area (Å²) in [5.41, 5.74) is 0.311. The number of nitrogens with one attached hydrogen (secondary N) is 1. The highest BCUT2D eigenvalue weighted by molar-refractivity contribution is 5.92. The lowest BCUT2D eigenvalue weighted by Crippen LogP contribution is -2.44. The Hall–Kier alpha value is -2.24. The van der Waals surface area contributed by atoms with Crippen molar-refractivity contribution in [2.75, 3.05) is 0 Å². The Balaban J connectivity index is 1.71. The number of aromatic nitrogens is 2. The molecule has 2 N–H and O–H groups in total. The van der Waals surface area contributed by atoms with Crippen LogP contribution in [0.4, 0.5) is 0 Å². The van der Waals surface area contributed by atoms with Gasteiger partial charge in [-0.2, -0.15) is 0 Å². The molecule has 0 radical (unpaired) electrons. The van der Waals surface area contributed by atoms with E-state index in [1.165, 1.54) is 0 Å². The van der Waals surface area contributed by atoms with Crippen molar-refractivity contribution in [1.82, 2.24) is 15.3 Å². The van der Waals surface area contributed by atoms with E-state index in [4.69, 9.17) is 0 Å². The van der Waals surface area contributed by atoms with Crippen molar-refractivity contribution >= 4 is 11.9 Å². The molecule has 1 fully saturated rings. The fraction of sp³-hybridized carbons (Fsp3) is 0.467.